The first kappa shape index (κ1) is 18.9. The zero-order valence-electron chi connectivity index (χ0n) is 13.4. The second kappa shape index (κ2) is 6.67. The van der Waals surface area contributed by atoms with Gasteiger partial charge in [0.25, 0.3) is 12.1 Å². The molecule has 1 aliphatic rings. The average molecular weight is 390 g/mol. The van der Waals surface area contributed by atoms with Gasteiger partial charge in [0.15, 0.2) is 0 Å². The molecule has 0 saturated carbocycles. The summed E-state index contributed by atoms with van der Waals surface area (Å²) in [6.07, 6.45) is -16.0. The van der Waals surface area contributed by atoms with Crippen molar-refractivity contribution in [1.29, 1.82) is 0 Å². The van der Waals surface area contributed by atoms with Crippen LogP contribution in [-0.4, -0.2) is 24.4 Å². The Balaban J connectivity index is 1.74. The highest BCUT2D eigenvalue weighted by molar-refractivity contribution is 6.01. The lowest BCUT2D eigenvalue weighted by molar-refractivity contribution is -0.304. The van der Waals surface area contributed by atoms with Gasteiger partial charge in [0.05, 0.1) is 5.56 Å². The Hall–Kier alpha value is -2.91. The maximum absolute atomic E-state index is 13.3. The lowest BCUT2D eigenvalue weighted by Gasteiger charge is -2.28. The van der Waals surface area contributed by atoms with Crippen LogP contribution >= 0.6 is 0 Å². The highest BCUT2D eigenvalue weighted by Gasteiger charge is 2.59. The molecular formula is C17H12F6N2O2. The van der Waals surface area contributed by atoms with Crippen molar-refractivity contribution in [1.82, 2.24) is 5.32 Å². The number of hydrogen-bond acceptors (Lipinski definition) is 3. The summed E-state index contributed by atoms with van der Waals surface area (Å²) in [6.45, 7) is 0. The molecule has 0 bridgehead atoms. The van der Waals surface area contributed by atoms with E-state index in [-0.39, 0.29) is 5.91 Å². The fraction of sp³-hybridized carbons (Fsp3) is 0.235. The maximum atomic E-state index is 13.3. The molecule has 1 amide bonds. The number of fused-ring (bicyclic) bond motifs is 1. The van der Waals surface area contributed by atoms with Gasteiger partial charge in [-0.25, -0.2) is 4.39 Å². The minimum Gasteiger partial charge on any atom is -0.430 e. The number of anilines is 1. The van der Waals surface area contributed by atoms with Crippen LogP contribution in [0.3, 0.4) is 0 Å². The predicted molar refractivity (Wildman–Crippen MR) is 83.2 cm³/mol. The van der Waals surface area contributed by atoms with Crippen LogP contribution in [0.5, 0.6) is 5.75 Å². The third-order valence-electron chi connectivity index (χ3n) is 3.80. The summed E-state index contributed by atoms with van der Waals surface area (Å²) in [7, 11) is 0. The molecule has 10 heteroatoms. The fourth-order valence-corrected chi connectivity index (χ4v) is 2.50. The van der Waals surface area contributed by atoms with Crippen molar-refractivity contribution in [3.8, 4) is 5.75 Å². The Morgan fingerprint density at radius 3 is 2.19 bits per heavy atom. The van der Waals surface area contributed by atoms with Gasteiger partial charge >= 0.3 is 12.3 Å². The lowest BCUT2D eigenvalue weighted by atomic mass is 10.1. The van der Waals surface area contributed by atoms with Gasteiger partial charge in [-0.05, 0) is 29.8 Å². The molecule has 0 aliphatic carbocycles. The smallest absolute Gasteiger partial charge is 0.430 e. The Morgan fingerprint density at radius 2 is 1.56 bits per heavy atom. The molecule has 0 spiro atoms. The van der Waals surface area contributed by atoms with Crippen LogP contribution in [0.2, 0.25) is 0 Å². The topological polar surface area (TPSA) is 50.4 Å². The highest BCUT2D eigenvalue weighted by atomic mass is 19.4. The summed E-state index contributed by atoms with van der Waals surface area (Å²) < 4.78 is 79.7. The number of hydrogen-bond donors (Lipinski definition) is 2. The number of ether oxygens (including phenoxy) is 1. The molecule has 0 unspecified atom stereocenters. The van der Waals surface area contributed by atoms with Crippen LogP contribution in [0.1, 0.15) is 22.1 Å². The average Bonchev–Trinajstić information content (AvgIpc) is 2.60. The van der Waals surface area contributed by atoms with E-state index >= 15 is 0 Å². The largest absolute Gasteiger partial charge is 0.439 e. The minimum absolute atomic E-state index is 0.355. The SMILES string of the molecule is O=C1N[C@@H](c2ccc(OC(F)(F)[C@@H](F)C(F)(F)F)cc2)Nc2ccccc21. The lowest BCUT2D eigenvalue weighted by Crippen LogP contribution is -2.45. The van der Waals surface area contributed by atoms with E-state index in [9.17, 15) is 31.1 Å². The molecule has 3 rings (SSSR count). The Morgan fingerprint density at radius 1 is 0.926 bits per heavy atom. The summed E-state index contributed by atoms with van der Waals surface area (Å²) in [5.41, 5.74) is 1.42. The molecule has 27 heavy (non-hydrogen) atoms. The quantitative estimate of drug-likeness (QED) is 0.761. The number of rotatable bonds is 4. The summed E-state index contributed by atoms with van der Waals surface area (Å²) in [5, 5.41) is 5.67. The van der Waals surface area contributed by atoms with Crippen molar-refractivity contribution >= 4 is 11.6 Å². The monoisotopic (exact) mass is 390 g/mol. The van der Waals surface area contributed by atoms with Gasteiger partial charge in [-0.15, -0.1) is 0 Å². The molecule has 0 aromatic heterocycles. The summed E-state index contributed by atoms with van der Waals surface area (Å²) in [5.74, 6) is -1.01. The van der Waals surface area contributed by atoms with Crippen LogP contribution in [0.25, 0.3) is 0 Å². The standard InChI is InChI=1S/C17H12F6N2O2/c18-15(16(19,20)21)17(22,23)27-10-7-5-9(6-8-10)13-24-12-4-2-1-3-11(12)14(26)25-13/h1-8,13,15,24H,(H,25,26)/t13-,15-/m0/s1. The van der Waals surface area contributed by atoms with E-state index in [1.807, 2.05) is 0 Å². The van der Waals surface area contributed by atoms with Gasteiger partial charge in [-0.3, -0.25) is 4.79 Å². The second-order valence-electron chi connectivity index (χ2n) is 5.73. The molecule has 1 heterocycles. The van der Waals surface area contributed by atoms with Crippen LogP contribution in [0.15, 0.2) is 48.5 Å². The van der Waals surface area contributed by atoms with Crippen LogP contribution in [-0.2, 0) is 0 Å². The second-order valence-corrected chi connectivity index (χ2v) is 5.73. The molecule has 1 aliphatic heterocycles. The van der Waals surface area contributed by atoms with Gasteiger partial charge in [0.1, 0.15) is 11.9 Å². The van der Waals surface area contributed by atoms with Crippen LogP contribution < -0.4 is 15.4 Å². The zero-order chi connectivity index (χ0) is 19.8. The van der Waals surface area contributed by atoms with E-state index < -0.39 is 30.4 Å². The molecule has 0 radical (unpaired) electrons. The van der Waals surface area contributed by atoms with Crippen molar-refractivity contribution in [3.05, 3.63) is 59.7 Å². The first-order valence-electron chi connectivity index (χ1n) is 7.62. The van der Waals surface area contributed by atoms with Crippen molar-refractivity contribution in [2.24, 2.45) is 0 Å². The number of carbonyl (C=O) groups excluding carboxylic acids is 1. The molecule has 0 saturated heterocycles. The van der Waals surface area contributed by atoms with Crippen molar-refractivity contribution in [2.75, 3.05) is 5.32 Å². The van der Waals surface area contributed by atoms with Crippen molar-refractivity contribution in [2.45, 2.75) is 24.6 Å². The van der Waals surface area contributed by atoms with Crippen LogP contribution in [0, 0.1) is 0 Å². The summed E-state index contributed by atoms with van der Waals surface area (Å²) in [6, 6.07) is 11.1. The van der Waals surface area contributed by atoms with Gasteiger partial charge in [-0.2, -0.15) is 22.0 Å². The predicted octanol–water partition coefficient (Wildman–Crippen LogP) is 4.41. The molecule has 2 N–H and O–H groups in total. The first-order valence-corrected chi connectivity index (χ1v) is 7.62. The van der Waals surface area contributed by atoms with Crippen molar-refractivity contribution < 1.29 is 35.9 Å². The molecule has 0 fully saturated rings. The zero-order valence-corrected chi connectivity index (χ0v) is 13.4. The molecular weight excluding hydrogens is 378 g/mol. The molecule has 2 aromatic rings. The Kier molecular flexibility index (Phi) is 4.66. The highest BCUT2D eigenvalue weighted by Crippen LogP contribution is 2.37. The summed E-state index contributed by atoms with van der Waals surface area (Å²) >= 11 is 0. The number of alkyl halides is 6. The number of carbonyl (C=O) groups is 1. The van der Waals surface area contributed by atoms with E-state index in [4.69, 9.17) is 0 Å². The van der Waals surface area contributed by atoms with E-state index in [1.165, 1.54) is 12.1 Å². The molecule has 2 atom stereocenters. The molecule has 2 aromatic carbocycles. The Bertz CT molecular complexity index is 838. The van der Waals surface area contributed by atoms with E-state index in [0.29, 0.717) is 16.8 Å². The number of benzene rings is 2. The third-order valence-corrected chi connectivity index (χ3v) is 3.80. The molecule has 144 valence electrons. The number of para-hydroxylation sites is 1. The van der Waals surface area contributed by atoms with Gasteiger partial charge in [-0.1, -0.05) is 24.3 Å². The van der Waals surface area contributed by atoms with Crippen LogP contribution in [0.4, 0.5) is 32.0 Å². The van der Waals surface area contributed by atoms with E-state index in [2.05, 4.69) is 15.4 Å². The van der Waals surface area contributed by atoms with Crippen molar-refractivity contribution in [3.63, 3.8) is 0 Å². The first-order chi connectivity index (χ1) is 12.6. The fourth-order valence-electron chi connectivity index (χ4n) is 2.50. The number of halogens is 6. The number of amides is 1. The minimum atomic E-state index is -5.76. The normalized spacial score (nSPS) is 18.1. The van der Waals surface area contributed by atoms with Gasteiger partial charge in [0, 0.05) is 5.69 Å². The third kappa shape index (κ3) is 3.93. The molecule has 4 nitrogen and oxygen atoms in total. The van der Waals surface area contributed by atoms with Gasteiger partial charge < -0.3 is 15.4 Å². The summed E-state index contributed by atoms with van der Waals surface area (Å²) in [4.78, 5) is 12.1. The number of nitrogens with one attached hydrogen (secondary N) is 2. The van der Waals surface area contributed by atoms with E-state index in [1.54, 1.807) is 24.3 Å². The van der Waals surface area contributed by atoms with E-state index in [0.717, 1.165) is 12.1 Å². The van der Waals surface area contributed by atoms with Gasteiger partial charge in [0.2, 0.25) is 0 Å². The maximum Gasteiger partial charge on any atom is 0.439 e. The Labute approximate surface area is 149 Å².